The van der Waals surface area contributed by atoms with E-state index in [0.29, 0.717) is 55.7 Å². The van der Waals surface area contributed by atoms with Crippen LogP contribution in [0.1, 0.15) is 44.0 Å². The van der Waals surface area contributed by atoms with Crippen molar-refractivity contribution < 1.29 is 28.5 Å². The lowest BCUT2D eigenvalue weighted by molar-refractivity contribution is -0.146. The predicted octanol–water partition coefficient (Wildman–Crippen LogP) is 2.91. The number of rotatable bonds is 8. The summed E-state index contributed by atoms with van der Waals surface area (Å²) in [5.74, 6) is 0.750. The molecule has 7 nitrogen and oxygen atoms in total. The van der Waals surface area contributed by atoms with Gasteiger partial charge >= 0.3 is 5.97 Å². The molecule has 1 aromatic rings. The lowest BCUT2D eigenvalue weighted by Gasteiger charge is -2.31. The Labute approximate surface area is 160 Å². The first-order valence-electron chi connectivity index (χ1n) is 9.49. The molecular weight excluding hydrogens is 350 g/mol. The van der Waals surface area contributed by atoms with Crippen molar-refractivity contribution in [2.45, 2.75) is 33.6 Å². The quantitative estimate of drug-likeness (QED) is 0.647. The lowest BCUT2D eigenvalue weighted by Crippen LogP contribution is -2.42. The van der Waals surface area contributed by atoms with Crippen molar-refractivity contribution in [3.05, 3.63) is 17.7 Å². The molecule has 0 spiro atoms. The van der Waals surface area contributed by atoms with Gasteiger partial charge in [0.15, 0.2) is 11.5 Å². The molecular formula is C20H29NO6. The normalized spacial score (nSPS) is 16.6. The van der Waals surface area contributed by atoms with Crippen LogP contribution in [0.4, 0.5) is 0 Å². The molecule has 0 N–H and O–H groups in total. The number of ether oxygens (including phenoxy) is 4. The van der Waals surface area contributed by atoms with Crippen LogP contribution in [-0.4, -0.2) is 56.8 Å². The van der Waals surface area contributed by atoms with Gasteiger partial charge in [0, 0.05) is 18.7 Å². The molecule has 1 saturated heterocycles. The number of carbonyl (C=O) groups excluding carboxylic acids is 2. The second-order valence-corrected chi connectivity index (χ2v) is 6.21. The van der Waals surface area contributed by atoms with Crippen molar-refractivity contribution in [3.63, 3.8) is 0 Å². The molecule has 1 aromatic carbocycles. The van der Waals surface area contributed by atoms with E-state index >= 15 is 0 Å². The number of esters is 1. The molecule has 0 saturated carbocycles. The number of methoxy groups -OCH3 is 1. The fourth-order valence-corrected chi connectivity index (χ4v) is 3.22. The zero-order valence-electron chi connectivity index (χ0n) is 16.6. The van der Waals surface area contributed by atoms with Gasteiger partial charge < -0.3 is 23.8 Å². The largest absolute Gasteiger partial charge is 0.490 e. The van der Waals surface area contributed by atoms with Crippen LogP contribution in [0.15, 0.2) is 12.1 Å². The van der Waals surface area contributed by atoms with E-state index in [1.54, 1.807) is 17.0 Å². The van der Waals surface area contributed by atoms with Gasteiger partial charge in [0.25, 0.3) is 5.91 Å². The van der Waals surface area contributed by atoms with E-state index in [2.05, 4.69) is 0 Å². The molecule has 0 aliphatic carbocycles. The first-order valence-corrected chi connectivity index (χ1v) is 9.49. The van der Waals surface area contributed by atoms with Crippen molar-refractivity contribution in [1.82, 2.24) is 4.90 Å². The van der Waals surface area contributed by atoms with Gasteiger partial charge in [0.2, 0.25) is 5.75 Å². The second kappa shape index (κ2) is 10.0. The van der Waals surface area contributed by atoms with E-state index in [0.717, 1.165) is 12.8 Å². The minimum atomic E-state index is -0.284. The van der Waals surface area contributed by atoms with Crippen molar-refractivity contribution in [3.8, 4) is 17.2 Å². The molecule has 1 unspecified atom stereocenters. The van der Waals surface area contributed by atoms with Crippen molar-refractivity contribution in [2.75, 3.05) is 40.0 Å². The van der Waals surface area contributed by atoms with Gasteiger partial charge in [-0.3, -0.25) is 9.59 Å². The molecule has 1 atom stereocenters. The summed E-state index contributed by atoms with van der Waals surface area (Å²) in [5.41, 5.74) is 0.455. The summed E-state index contributed by atoms with van der Waals surface area (Å²) in [5, 5.41) is 0. The van der Waals surface area contributed by atoms with Gasteiger partial charge in [-0.2, -0.15) is 0 Å². The van der Waals surface area contributed by atoms with Gasteiger partial charge in [-0.25, -0.2) is 0 Å². The highest BCUT2D eigenvalue weighted by molar-refractivity contribution is 5.96. The Morgan fingerprint density at radius 2 is 1.63 bits per heavy atom. The number of amides is 1. The standard InChI is InChI=1S/C20H29NO6/c1-5-25-16-11-15(12-17(26-6-2)18(16)27-7-3)19(22)21-10-8-9-14(13-21)20(23)24-4/h11-12,14H,5-10,13H2,1-4H3. The molecule has 0 aromatic heterocycles. The second-order valence-electron chi connectivity index (χ2n) is 6.21. The third kappa shape index (κ3) is 5.05. The fourth-order valence-electron chi connectivity index (χ4n) is 3.22. The summed E-state index contributed by atoms with van der Waals surface area (Å²) in [6.45, 7) is 7.92. The van der Waals surface area contributed by atoms with E-state index in [1.165, 1.54) is 7.11 Å². The summed E-state index contributed by atoms with van der Waals surface area (Å²) in [4.78, 5) is 26.6. The van der Waals surface area contributed by atoms with Crippen LogP contribution in [0.3, 0.4) is 0 Å². The molecule has 0 bridgehead atoms. The zero-order valence-corrected chi connectivity index (χ0v) is 16.6. The molecule has 150 valence electrons. The van der Waals surface area contributed by atoms with E-state index in [9.17, 15) is 9.59 Å². The van der Waals surface area contributed by atoms with Gasteiger partial charge in [0.05, 0.1) is 32.8 Å². The third-order valence-corrected chi connectivity index (χ3v) is 4.40. The molecule has 0 radical (unpaired) electrons. The third-order valence-electron chi connectivity index (χ3n) is 4.40. The van der Waals surface area contributed by atoms with Crippen LogP contribution in [0.2, 0.25) is 0 Å². The molecule has 2 rings (SSSR count). The minimum absolute atomic E-state index is 0.159. The SMILES string of the molecule is CCOc1cc(C(=O)N2CCCC(C(=O)OC)C2)cc(OCC)c1OCC. The maximum atomic E-state index is 13.1. The van der Waals surface area contributed by atoms with Crippen LogP contribution in [0.5, 0.6) is 17.2 Å². The topological polar surface area (TPSA) is 74.3 Å². The molecule has 1 amide bonds. The smallest absolute Gasteiger partial charge is 0.310 e. The molecule has 1 heterocycles. The van der Waals surface area contributed by atoms with Crippen molar-refractivity contribution in [2.24, 2.45) is 5.92 Å². The van der Waals surface area contributed by atoms with Crippen LogP contribution in [-0.2, 0) is 9.53 Å². The Morgan fingerprint density at radius 1 is 1.04 bits per heavy atom. The summed E-state index contributed by atoms with van der Waals surface area (Å²) < 4.78 is 21.9. The predicted molar refractivity (Wildman–Crippen MR) is 101 cm³/mol. The highest BCUT2D eigenvalue weighted by Crippen LogP contribution is 2.39. The van der Waals surface area contributed by atoms with E-state index in [4.69, 9.17) is 18.9 Å². The Balaban J connectivity index is 2.32. The Morgan fingerprint density at radius 3 is 2.15 bits per heavy atom. The van der Waals surface area contributed by atoms with Crippen molar-refractivity contribution in [1.29, 1.82) is 0 Å². The van der Waals surface area contributed by atoms with Gasteiger partial charge in [0.1, 0.15) is 0 Å². The van der Waals surface area contributed by atoms with Crippen LogP contribution in [0, 0.1) is 5.92 Å². The Hall–Kier alpha value is -2.44. The summed E-state index contributed by atoms with van der Waals surface area (Å²) in [7, 11) is 1.37. The average Bonchev–Trinajstić information content (AvgIpc) is 2.69. The Bertz CT molecular complexity index is 633. The van der Waals surface area contributed by atoms with Crippen molar-refractivity contribution >= 4 is 11.9 Å². The van der Waals surface area contributed by atoms with Crippen LogP contribution < -0.4 is 14.2 Å². The molecule has 1 aliphatic rings. The minimum Gasteiger partial charge on any atom is -0.490 e. The maximum Gasteiger partial charge on any atom is 0.310 e. The van der Waals surface area contributed by atoms with Crippen LogP contribution >= 0.6 is 0 Å². The first-order chi connectivity index (χ1) is 13.0. The van der Waals surface area contributed by atoms with Crippen LogP contribution in [0.25, 0.3) is 0 Å². The van der Waals surface area contributed by atoms with Gasteiger partial charge in [-0.15, -0.1) is 0 Å². The summed E-state index contributed by atoms with van der Waals surface area (Å²) in [6.07, 6.45) is 1.49. The van der Waals surface area contributed by atoms with Gasteiger partial charge in [-0.05, 0) is 45.7 Å². The number of carbonyl (C=O) groups is 2. The molecule has 7 heteroatoms. The monoisotopic (exact) mass is 379 g/mol. The molecule has 1 fully saturated rings. The summed E-state index contributed by atoms with van der Waals surface area (Å²) >= 11 is 0. The number of likely N-dealkylation sites (tertiary alicyclic amines) is 1. The zero-order chi connectivity index (χ0) is 19.8. The average molecular weight is 379 g/mol. The fraction of sp³-hybridized carbons (Fsp3) is 0.600. The summed E-state index contributed by atoms with van der Waals surface area (Å²) in [6, 6.07) is 3.36. The lowest BCUT2D eigenvalue weighted by atomic mass is 9.97. The van der Waals surface area contributed by atoms with E-state index < -0.39 is 0 Å². The first kappa shape index (κ1) is 20.9. The van der Waals surface area contributed by atoms with E-state index in [-0.39, 0.29) is 17.8 Å². The maximum absolute atomic E-state index is 13.1. The number of piperidine rings is 1. The highest BCUT2D eigenvalue weighted by Gasteiger charge is 2.30. The highest BCUT2D eigenvalue weighted by atomic mass is 16.5. The number of hydrogen-bond donors (Lipinski definition) is 0. The number of nitrogens with zero attached hydrogens (tertiary/aromatic N) is 1. The molecule has 27 heavy (non-hydrogen) atoms. The van der Waals surface area contributed by atoms with E-state index in [1.807, 2.05) is 20.8 Å². The number of hydrogen-bond acceptors (Lipinski definition) is 6. The van der Waals surface area contributed by atoms with Gasteiger partial charge in [-0.1, -0.05) is 0 Å². The Kier molecular flexibility index (Phi) is 7.76. The number of benzene rings is 1. The molecule has 1 aliphatic heterocycles.